The highest BCUT2D eigenvalue weighted by Gasteiger charge is 2.23. The molecule has 1 aliphatic rings. The van der Waals surface area contributed by atoms with Crippen LogP contribution in [-0.4, -0.2) is 68.7 Å². The largest absolute Gasteiger partial charge is 0.383 e. The minimum Gasteiger partial charge on any atom is -0.383 e. The van der Waals surface area contributed by atoms with E-state index in [0.29, 0.717) is 19.2 Å². The summed E-state index contributed by atoms with van der Waals surface area (Å²) in [7, 11) is 3.80. The first-order chi connectivity index (χ1) is 7.69. The molecule has 6 nitrogen and oxygen atoms in total. The van der Waals surface area contributed by atoms with Crippen molar-refractivity contribution >= 4 is 5.96 Å². The molecule has 6 heteroatoms. The third-order valence-electron chi connectivity index (χ3n) is 2.79. The molecule has 1 rings (SSSR count). The molecular formula is C10H23N5O. The zero-order valence-corrected chi connectivity index (χ0v) is 10.4. The van der Waals surface area contributed by atoms with Crippen molar-refractivity contribution in [2.75, 3.05) is 46.9 Å². The van der Waals surface area contributed by atoms with Crippen molar-refractivity contribution in [3.63, 3.8) is 0 Å². The Morgan fingerprint density at radius 3 is 2.88 bits per heavy atom. The zero-order valence-electron chi connectivity index (χ0n) is 10.4. The molecule has 0 aromatic carbocycles. The van der Waals surface area contributed by atoms with Crippen LogP contribution in [0.2, 0.25) is 0 Å². The molecule has 0 aromatic heterocycles. The average molecular weight is 229 g/mol. The number of nitrogens with two attached hydrogens (primary N) is 1. The number of ether oxygens (including phenoxy) is 1. The number of likely N-dealkylation sites (N-methyl/N-ethyl adjacent to an activating group) is 1. The summed E-state index contributed by atoms with van der Waals surface area (Å²) in [5.74, 6) is 6.27. The molecule has 1 fully saturated rings. The van der Waals surface area contributed by atoms with Crippen LogP contribution in [-0.2, 0) is 4.74 Å². The van der Waals surface area contributed by atoms with Gasteiger partial charge in [-0.2, -0.15) is 0 Å². The minimum atomic E-state index is 0.427. The highest BCUT2D eigenvalue weighted by Crippen LogP contribution is 2.07. The van der Waals surface area contributed by atoms with Crippen molar-refractivity contribution in [1.29, 1.82) is 0 Å². The first-order valence-corrected chi connectivity index (χ1v) is 5.64. The normalized spacial score (nSPS) is 23.6. The number of nitrogens with zero attached hydrogens (tertiary/aromatic N) is 3. The fourth-order valence-electron chi connectivity index (χ4n) is 1.92. The summed E-state index contributed by atoms with van der Waals surface area (Å²) in [4.78, 5) is 8.91. The monoisotopic (exact) mass is 229 g/mol. The van der Waals surface area contributed by atoms with Gasteiger partial charge in [0.25, 0.3) is 0 Å². The molecule has 0 aliphatic carbocycles. The van der Waals surface area contributed by atoms with Crippen molar-refractivity contribution < 1.29 is 4.74 Å². The molecule has 0 radical (unpaired) electrons. The summed E-state index contributed by atoms with van der Waals surface area (Å²) in [5.41, 5.74) is 2.68. The highest BCUT2D eigenvalue weighted by molar-refractivity contribution is 5.79. The Labute approximate surface area is 97.4 Å². The highest BCUT2D eigenvalue weighted by atomic mass is 16.5. The lowest BCUT2D eigenvalue weighted by atomic mass is 10.2. The molecule has 0 bridgehead atoms. The van der Waals surface area contributed by atoms with Crippen LogP contribution < -0.4 is 11.3 Å². The maximum Gasteiger partial charge on any atom is 0.208 e. The summed E-state index contributed by atoms with van der Waals surface area (Å²) in [5, 5.41) is 0. The Hall–Kier alpha value is -0.850. The number of hydrogen-bond acceptors (Lipinski definition) is 4. The van der Waals surface area contributed by atoms with E-state index >= 15 is 0 Å². The fraction of sp³-hybridized carbons (Fsp3) is 0.900. The Morgan fingerprint density at radius 2 is 2.31 bits per heavy atom. The van der Waals surface area contributed by atoms with E-state index in [1.165, 1.54) is 0 Å². The minimum absolute atomic E-state index is 0.427. The summed E-state index contributed by atoms with van der Waals surface area (Å²) in [6, 6.07) is 0.427. The molecule has 1 aliphatic heterocycles. The molecule has 1 heterocycles. The van der Waals surface area contributed by atoms with Gasteiger partial charge in [0, 0.05) is 32.8 Å². The van der Waals surface area contributed by atoms with E-state index in [4.69, 9.17) is 10.6 Å². The third-order valence-corrected chi connectivity index (χ3v) is 2.79. The van der Waals surface area contributed by atoms with Crippen LogP contribution in [0, 0.1) is 0 Å². The second-order valence-corrected chi connectivity index (χ2v) is 4.15. The standard InChI is InChI=1S/C10H23N5O/c1-9-8-14(2)5-6-15(9)10(13-11)12-4-7-16-3/h9H,4-8,11H2,1-3H3,(H,12,13). The second kappa shape index (κ2) is 6.67. The number of hydrazine groups is 1. The summed E-state index contributed by atoms with van der Waals surface area (Å²) in [6.07, 6.45) is 0. The smallest absolute Gasteiger partial charge is 0.208 e. The summed E-state index contributed by atoms with van der Waals surface area (Å²) in [6.45, 7) is 6.45. The Kier molecular flexibility index (Phi) is 5.51. The lowest BCUT2D eigenvalue weighted by Crippen LogP contribution is -2.57. The molecule has 16 heavy (non-hydrogen) atoms. The van der Waals surface area contributed by atoms with Gasteiger partial charge in [-0.1, -0.05) is 0 Å². The number of guanidine groups is 1. The lowest BCUT2D eigenvalue weighted by molar-refractivity contribution is 0.156. The molecule has 1 unspecified atom stereocenters. The van der Waals surface area contributed by atoms with Crippen LogP contribution in [0.3, 0.4) is 0 Å². The third kappa shape index (κ3) is 3.62. The fourth-order valence-corrected chi connectivity index (χ4v) is 1.92. The maximum absolute atomic E-state index is 5.51. The van der Waals surface area contributed by atoms with E-state index in [2.05, 4.69) is 34.2 Å². The van der Waals surface area contributed by atoms with Crippen LogP contribution in [0.25, 0.3) is 0 Å². The molecule has 0 amide bonds. The number of piperazine rings is 1. The van der Waals surface area contributed by atoms with E-state index in [1.807, 2.05) is 0 Å². The van der Waals surface area contributed by atoms with Crippen molar-refractivity contribution in [2.45, 2.75) is 13.0 Å². The number of rotatable bonds is 3. The van der Waals surface area contributed by atoms with Crippen LogP contribution in [0.15, 0.2) is 4.99 Å². The van der Waals surface area contributed by atoms with Crippen molar-refractivity contribution in [3.8, 4) is 0 Å². The van der Waals surface area contributed by atoms with E-state index in [9.17, 15) is 0 Å². The Morgan fingerprint density at radius 1 is 1.56 bits per heavy atom. The molecule has 0 aromatic rings. The van der Waals surface area contributed by atoms with Crippen LogP contribution >= 0.6 is 0 Å². The van der Waals surface area contributed by atoms with Crippen LogP contribution in [0.1, 0.15) is 6.92 Å². The number of hydrogen-bond donors (Lipinski definition) is 2. The van der Waals surface area contributed by atoms with E-state index in [-0.39, 0.29) is 0 Å². The SMILES string of the molecule is COCCN=C(NN)N1CCN(C)CC1C. The molecule has 94 valence electrons. The molecule has 1 saturated heterocycles. The van der Waals surface area contributed by atoms with Gasteiger partial charge in [-0.25, -0.2) is 10.8 Å². The van der Waals surface area contributed by atoms with Crippen LogP contribution in [0.4, 0.5) is 0 Å². The van der Waals surface area contributed by atoms with Crippen LogP contribution in [0.5, 0.6) is 0 Å². The van der Waals surface area contributed by atoms with Gasteiger partial charge in [0.05, 0.1) is 13.2 Å². The number of methoxy groups -OCH3 is 1. The predicted octanol–water partition coefficient (Wildman–Crippen LogP) is -0.912. The number of nitrogens with one attached hydrogen (secondary N) is 1. The van der Waals surface area contributed by atoms with Gasteiger partial charge in [0.1, 0.15) is 0 Å². The van der Waals surface area contributed by atoms with E-state index < -0.39 is 0 Å². The molecular weight excluding hydrogens is 206 g/mol. The second-order valence-electron chi connectivity index (χ2n) is 4.15. The van der Waals surface area contributed by atoms with Gasteiger partial charge in [-0.3, -0.25) is 5.43 Å². The van der Waals surface area contributed by atoms with Crippen molar-refractivity contribution in [3.05, 3.63) is 0 Å². The lowest BCUT2D eigenvalue weighted by Gasteiger charge is -2.39. The van der Waals surface area contributed by atoms with Crippen molar-refractivity contribution in [1.82, 2.24) is 15.2 Å². The molecule has 3 N–H and O–H groups in total. The topological polar surface area (TPSA) is 66.1 Å². The van der Waals surface area contributed by atoms with Gasteiger partial charge in [0.15, 0.2) is 0 Å². The maximum atomic E-state index is 5.51. The Balaban J connectivity index is 2.54. The van der Waals surface area contributed by atoms with E-state index in [1.54, 1.807) is 7.11 Å². The summed E-state index contributed by atoms with van der Waals surface area (Å²) < 4.78 is 4.97. The summed E-state index contributed by atoms with van der Waals surface area (Å²) >= 11 is 0. The quantitative estimate of drug-likeness (QED) is 0.216. The molecule has 0 saturated carbocycles. The number of aliphatic imine (C=N–C) groups is 1. The zero-order chi connectivity index (χ0) is 12.0. The van der Waals surface area contributed by atoms with E-state index in [0.717, 1.165) is 25.6 Å². The van der Waals surface area contributed by atoms with Gasteiger partial charge in [-0.15, -0.1) is 0 Å². The van der Waals surface area contributed by atoms with Gasteiger partial charge < -0.3 is 14.5 Å². The Bertz CT molecular complexity index is 233. The predicted molar refractivity (Wildman–Crippen MR) is 65.2 cm³/mol. The first kappa shape index (κ1) is 13.2. The first-order valence-electron chi connectivity index (χ1n) is 5.64. The van der Waals surface area contributed by atoms with Gasteiger partial charge in [-0.05, 0) is 14.0 Å². The van der Waals surface area contributed by atoms with Crippen molar-refractivity contribution in [2.24, 2.45) is 10.8 Å². The average Bonchev–Trinajstić information content (AvgIpc) is 2.26. The van der Waals surface area contributed by atoms with Gasteiger partial charge in [0.2, 0.25) is 5.96 Å². The van der Waals surface area contributed by atoms with Gasteiger partial charge >= 0.3 is 0 Å². The molecule has 1 atom stereocenters. The molecule has 0 spiro atoms.